The Kier molecular flexibility index (Phi) is 6.10. The lowest BCUT2D eigenvalue weighted by molar-refractivity contribution is -0.119. The van der Waals surface area contributed by atoms with Gasteiger partial charge in [-0.25, -0.2) is 25.3 Å². The molecule has 2 saturated heterocycles. The van der Waals surface area contributed by atoms with Crippen LogP contribution in [0.4, 0.5) is 0 Å². The van der Waals surface area contributed by atoms with Gasteiger partial charge in [0.1, 0.15) is 0 Å². The number of sulfonamides is 1. The topological polar surface area (TPSA) is 135 Å². The van der Waals surface area contributed by atoms with Crippen LogP contribution in [-0.4, -0.2) is 70.6 Å². The number of carbonyl (C=O) groups is 1. The Morgan fingerprint density at radius 3 is 1.86 bits per heavy atom. The normalized spacial score (nSPS) is 25.9. The van der Waals surface area contributed by atoms with Crippen LogP contribution < -0.4 is 5.32 Å². The summed E-state index contributed by atoms with van der Waals surface area (Å²) in [6.45, 7) is 1.63. The fourth-order valence-corrected chi connectivity index (χ4v) is 9.25. The molecule has 12 heteroatoms. The van der Waals surface area contributed by atoms with Gasteiger partial charge in [0.05, 0.1) is 27.9 Å². The van der Waals surface area contributed by atoms with E-state index in [-0.39, 0.29) is 53.2 Å². The molecule has 0 spiro atoms. The highest BCUT2D eigenvalue weighted by Crippen LogP contribution is 2.31. The SMILES string of the molecule is CC(=O)NCc1ccc(S(=O)(=O)N([C@@H]2CCS(=O)(=O)C2)[C@@H]2CCS(=O)(=O)C2)cc1. The Morgan fingerprint density at radius 1 is 1.00 bits per heavy atom. The zero-order chi connectivity index (χ0) is 21.4. The number of rotatable bonds is 6. The molecule has 3 rings (SSSR count). The second-order valence-electron chi connectivity index (χ2n) is 7.50. The molecule has 1 aromatic carbocycles. The van der Waals surface area contributed by atoms with Gasteiger partial charge in [-0.1, -0.05) is 12.1 Å². The summed E-state index contributed by atoms with van der Waals surface area (Å²) in [5.41, 5.74) is 0.706. The van der Waals surface area contributed by atoms with Gasteiger partial charge in [-0.3, -0.25) is 4.79 Å². The number of amides is 1. The zero-order valence-electron chi connectivity index (χ0n) is 15.9. The molecule has 2 atom stereocenters. The lowest BCUT2D eigenvalue weighted by Crippen LogP contribution is -2.48. The van der Waals surface area contributed by atoms with Crippen molar-refractivity contribution >= 4 is 35.6 Å². The average molecular weight is 465 g/mol. The van der Waals surface area contributed by atoms with Crippen LogP contribution in [0.15, 0.2) is 29.2 Å². The molecule has 0 aromatic heterocycles. The van der Waals surface area contributed by atoms with Crippen LogP contribution in [0.1, 0.15) is 25.3 Å². The largest absolute Gasteiger partial charge is 0.352 e. The molecule has 1 N–H and O–H groups in total. The van der Waals surface area contributed by atoms with Crippen LogP contribution in [0.3, 0.4) is 0 Å². The van der Waals surface area contributed by atoms with E-state index in [1.54, 1.807) is 12.1 Å². The van der Waals surface area contributed by atoms with E-state index < -0.39 is 41.8 Å². The quantitative estimate of drug-likeness (QED) is 0.610. The lowest BCUT2D eigenvalue weighted by atomic mass is 10.2. The molecular formula is C17H24N2O7S3. The molecule has 1 aromatic rings. The summed E-state index contributed by atoms with van der Waals surface area (Å²) in [6, 6.07) is 4.37. The number of nitrogens with one attached hydrogen (secondary N) is 1. The number of hydrogen-bond donors (Lipinski definition) is 1. The molecule has 2 heterocycles. The standard InChI is InChI=1S/C17H24N2O7S3/c1-13(20)18-10-14-2-4-17(5-3-14)29(25,26)19(15-6-8-27(21,22)11-15)16-7-9-28(23,24)12-16/h2-5,15-16H,6-12H2,1H3,(H,18,20)/t15-,16-/m1/s1. The molecule has 162 valence electrons. The van der Waals surface area contributed by atoms with E-state index in [0.717, 1.165) is 4.31 Å². The van der Waals surface area contributed by atoms with Crippen molar-refractivity contribution in [2.24, 2.45) is 0 Å². The van der Waals surface area contributed by atoms with Gasteiger partial charge < -0.3 is 5.32 Å². The van der Waals surface area contributed by atoms with E-state index in [4.69, 9.17) is 0 Å². The van der Waals surface area contributed by atoms with E-state index in [0.29, 0.717) is 5.56 Å². The van der Waals surface area contributed by atoms with Crippen LogP contribution in [0.5, 0.6) is 0 Å². The molecule has 2 aliphatic rings. The second-order valence-corrected chi connectivity index (χ2v) is 13.8. The molecule has 2 aliphatic heterocycles. The summed E-state index contributed by atoms with van der Waals surface area (Å²) in [6.07, 6.45) is 0.303. The van der Waals surface area contributed by atoms with Crippen molar-refractivity contribution in [2.75, 3.05) is 23.0 Å². The maximum atomic E-state index is 13.4. The zero-order valence-corrected chi connectivity index (χ0v) is 18.4. The van der Waals surface area contributed by atoms with Crippen molar-refractivity contribution in [2.45, 2.75) is 43.3 Å². The Labute approximate surface area is 171 Å². The van der Waals surface area contributed by atoms with Crippen molar-refractivity contribution in [3.8, 4) is 0 Å². The third kappa shape index (κ3) is 5.16. The van der Waals surface area contributed by atoms with Crippen molar-refractivity contribution < 1.29 is 30.0 Å². The molecule has 0 saturated carbocycles. The first-order valence-corrected chi connectivity index (χ1v) is 14.3. The van der Waals surface area contributed by atoms with E-state index in [1.807, 2.05) is 0 Å². The molecule has 2 fully saturated rings. The van der Waals surface area contributed by atoms with Crippen LogP contribution in [0.2, 0.25) is 0 Å². The van der Waals surface area contributed by atoms with Crippen molar-refractivity contribution in [1.82, 2.24) is 9.62 Å². The third-order valence-electron chi connectivity index (χ3n) is 5.18. The predicted molar refractivity (Wildman–Crippen MR) is 107 cm³/mol. The number of benzene rings is 1. The van der Waals surface area contributed by atoms with Crippen LogP contribution in [-0.2, 0) is 41.0 Å². The first-order valence-electron chi connectivity index (χ1n) is 9.17. The van der Waals surface area contributed by atoms with Gasteiger partial charge in [-0.15, -0.1) is 0 Å². The highest BCUT2D eigenvalue weighted by atomic mass is 32.2. The Balaban J connectivity index is 1.92. The van der Waals surface area contributed by atoms with Gasteiger partial charge in [0.25, 0.3) is 0 Å². The van der Waals surface area contributed by atoms with Crippen molar-refractivity contribution in [3.05, 3.63) is 29.8 Å². The predicted octanol–water partition coefficient (Wildman–Crippen LogP) is -0.312. The second kappa shape index (κ2) is 7.97. The Morgan fingerprint density at radius 2 is 1.48 bits per heavy atom. The summed E-state index contributed by atoms with van der Waals surface area (Å²) in [4.78, 5) is 11.0. The first-order chi connectivity index (χ1) is 13.4. The van der Waals surface area contributed by atoms with Crippen LogP contribution >= 0.6 is 0 Å². The number of nitrogens with zero attached hydrogens (tertiary/aromatic N) is 1. The van der Waals surface area contributed by atoms with Crippen LogP contribution in [0, 0.1) is 0 Å². The minimum atomic E-state index is -4.10. The van der Waals surface area contributed by atoms with E-state index in [2.05, 4.69) is 5.32 Å². The van der Waals surface area contributed by atoms with Crippen LogP contribution in [0.25, 0.3) is 0 Å². The Bertz CT molecular complexity index is 1050. The maximum Gasteiger partial charge on any atom is 0.243 e. The van der Waals surface area contributed by atoms with Crippen molar-refractivity contribution in [3.63, 3.8) is 0 Å². The maximum absolute atomic E-state index is 13.4. The number of hydrogen-bond acceptors (Lipinski definition) is 7. The van der Waals surface area contributed by atoms with Gasteiger partial charge >= 0.3 is 0 Å². The van der Waals surface area contributed by atoms with E-state index in [9.17, 15) is 30.0 Å². The molecule has 9 nitrogen and oxygen atoms in total. The molecular weight excluding hydrogens is 440 g/mol. The third-order valence-corrected chi connectivity index (χ3v) is 10.7. The molecule has 0 aliphatic carbocycles. The fraction of sp³-hybridized carbons (Fsp3) is 0.588. The Hall–Kier alpha value is -1.50. The smallest absolute Gasteiger partial charge is 0.243 e. The minimum Gasteiger partial charge on any atom is -0.352 e. The number of carbonyl (C=O) groups excluding carboxylic acids is 1. The first kappa shape index (κ1) is 22.2. The number of sulfone groups is 2. The van der Waals surface area contributed by atoms with Gasteiger partial charge in [-0.2, -0.15) is 4.31 Å². The summed E-state index contributed by atoms with van der Waals surface area (Å²) in [5.74, 6) is -1.04. The molecule has 29 heavy (non-hydrogen) atoms. The minimum absolute atomic E-state index is 0.0299. The van der Waals surface area contributed by atoms with Crippen molar-refractivity contribution in [1.29, 1.82) is 0 Å². The summed E-state index contributed by atoms with van der Waals surface area (Å²) in [5, 5.41) is 2.62. The van der Waals surface area contributed by atoms with Gasteiger partial charge in [0.15, 0.2) is 19.7 Å². The van der Waals surface area contributed by atoms with Gasteiger partial charge in [-0.05, 0) is 30.5 Å². The van der Waals surface area contributed by atoms with E-state index in [1.165, 1.54) is 19.1 Å². The van der Waals surface area contributed by atoms with Gasteiger partial charge in [0.2, 0.25) is 15.9 Å². The molecule has 0 bridgehead atoms. The summed E-state index contributed by atoms with van der Waals surface area (Å²) < 4.78 is 75.7. The monoisotopic (exact) mass is 464 g/mol. The summed E-state index contributed by atoms with van der Waals surface area (Å²) in [7, 11) is -10.8. The molecule has 0 radical (unpaired) electrons. The lowest BCUT2D eigenvalue weighted by Gasteiger charge is -2.32. The fourth-order valence-electron chi connectivity index (χ4n) is 3.77. The summed E-state index contributed by atoms with van der Waals surface area (Å²) >= 11 is 0. The van der Waals surface area contributed by atoms with Gasteiger partial charge in [0, 0.05) is 25.6 Å². The van der Waals surface area contributed by atoms with E-state index >= 15 is 0 Å². The highest BCUT2D eigenvalue weighted by Gasteiger charge is 2.45. The molecule has 1 amide bonds. The highest BCUT2D eigenvalue weighted by molar-refractivity contribution is 7.92. The average Bonchev–Trinajstić information content (AvgIpc) is 3.14. The molecule has 0 unspecified atom stereocenters.